The third-order valence-corrected chi connectivity index (χ3v) is 9.00. The Morgan fingerprint density at radius 1 is 1.07 bits per heavy atom. The highest BCUT2D eigenvalue weighted by Crippen LogP contribution is 2.43. The molecule has 0 bridgehead atoms. The van der Waals surface area contributed by atoms with Crippen molar-refractivity contribution in [1.82, 2.24) is 14.8 Å². The third-order valence-electron chi connectivity index (χ3n) is 9.00. The number of piperidine rings is 1. The van der Waals surface area contributed by atoms with Crippen molar-refractivity contribution in [3.05, 3.63) is 65.1 Å². The van der Waals surface area contributed by atoms with E-state index in [1.807, 2.05) is 17.0 Å². The SMILES string of the molecule is COc1ccc2ncc(CN3CCOCC3)c(C(F)CCC3(CC(=O)O)CCN(CCOc4c(F)cc(F)cc4F)CC3)c2c1. The monoisotopic (exact) mass is 633 g/mol. The number of carbonyl (C=O) groups is 1. The van der Waals surface area contributed by atoms with Crippen LogP contribution in [0.15, 0.2) is 36.5 Å². The number of pyridine rings is 1. The van der Waals surface area contributed by atoms with E-state index < -0.39 is 40.8 Å². The summed E-state index contributed by atoms with van der Waals surface area (Å²) in [6, 6.07) is 6.54. The lowest BCUT2D eigenvalue weighted by Crippen LogP contribution is -2.42. The number of hydrogen-bond donors (Lipinski definition) is 1. The van der Waals surface area contributed by atoms with Crippen molar-refractivity contribution in [2.24, 2.45) is 5.41 Å². The molecule has 2 saturated heterocycles. The summed E-state index contributed by atoms with van der Waals surface area (Å²) in [4.78, 5) is 20.8. The second-order valence-corrected chi connectivity index (χ2v) is 11.9. The minimum atomic E-state index is -1.35. The van der Waals surface area contributed by atoms with Crippen LogP contribution in [0.1, 0.15) is 49.4 Å². The molecule has 1 unspecified atom stereocenters. The van der Waals surface area contributed by atoms with Crippen LogP contribution in [0.2, 0.25) is 0 Å². The van der Waals surface area contributed by atoms with Crippen LogP contribution in [-0.4, -0.2) is 85.5 Å². The van der Waals surface area contributed by atoms with E-state index in [0.29, 0.717) is 93.0 Å². The number of ether oxygens (including phenoxy) is 3. The molecule has 0 aliphatic carbocycles. The Bertz CT molecular complexity index is 1460. The van der Waals surface area contributed by atoms with Crippen molar-refractivity contribution in [1.29, 1.82) is 0 Å². The topological polar surface area (TPSA) is 84.4 Å². The molecule has 12 heteroatoms. The largest absolute Gasteiger partial charge is 0.497 e. The second-order valence-electron chi connectivity index (χ2n) is 11.9. The number of methoxy groups -OCH3 is 1. The smallest absolute Gasteiger partial charge is 0.303 e. The van der Waals surface area contributed by atoms with Crippen molar-refractivity contribution in [3.8, 4) is 11.5 Å². The van der Waals surface area contributed by atoms with Crippen LogP contribution < -0.4 is 9.47 Å². The number of halogens is 4. The summed E-state index contributed by atoms with van der Waals surface area (Å²) in [5.41, 5.74) is 1.41. The van der Waals surface area contributed by atoms with Gasteiger partial charge in [-0.1, -0.05) is 0 Å². The zero-order chi connectivity index (χ0) is 32.0. The molecule has 1 atom stereocenters. The van der Waals surface area contributed by atoms with Crippen molar-refractivity contribution in [3.63, 3.8) is 0 Å². The van der Waals surface area contributed by atoms with Gasteiger partial charge < -0.3 is 19.3 Å². The van der Waals surface area contributed by atoms with Gasteiger partial charge in [0.15, 0.2) is 17.4 Å². The fraction of sp³-hybridized carbons (Fsp3) is 0.515. The first kappa shape index (κ1) is 32.9. The van der Waals surface area contributed by atoms with Crippen LogP contribution in [0.4, 0.5) is 17.6 Å². The molecule has 0 saturated carbocycles. The standard InChI is InChI=1S/C33H39F4N3O5/c1-43-24-2-3-29-25(18-24)31(22(20-38-29)21-40-10-13-44-14-11-40)26(35)4-5-33(19-30(41)42)6-8-39(9-7-33)12-15-45-32-27(36)16-23(34)17-28(32)37/h2-3,16-18,20,26H,4-15,19,21H2,1H3,(H,41,42). The molecule has 0 amide bonds. The Hall–Kier alpha value is -3.48. The van der Waals surface area contributed by atoms with Gasteiger partial charge in [0.05, 0.1) is 32.3 Å². The molecule has 2 aliphatic heterocycles. The van der Waals surface area contributed by atoms with E-state index >= 15 is 4.39 Å². The number of aliphatic carboxylic acids is 1. The van der Waals surface area contributed by atoms with Gasteiger partial charge in [0, 0.05) is 55.5 Å². The molecular weight excluding hydrogens is 594 g/mol. The van der Waals surface area contributed by atoms with Gasteiger partial charge in [-0.3, -0.25) is 19.6 Å². The molecule has 1 N–H and O–H groups in total. The number of carboxylic acids is 1. The normalized spacial score (nSPS) is 18.2. The van der Waals surface area contributed by atoms with Crippen LogP contribution in [0.3, 0.4) is 0 Å². The Balaban J connectivity index is 1.27. The maximum absolute atomic E-state index is 16.5. The highest BCUT2D eigenvalue weighted by Gasteiger charge is 2.37. The van der Waals surface area contributed by atoms with Gasteiger partial charge in [-0.05, 0) is 68.0 Å². The van der Waals surface area contributed by atoms with Crippen LogP contribution in [-0.2, 0) is 16.1 Å². The van der Waals surface area contributed by atoms with Gasteiger partial charge in [0.25, 0.3) is 0 Å². The number of rotatable bonds is 13. The molecule has 2 fully saturated rings. The van der Waals surface area contributed by atoms with E-state index in [2.05, 4.69) is 9.88 Å². The summed E-state index contributed by atoms with van der Waals surface area (Å²) in [5.74, 6) is -4.20. The first-order valence-corrected chi connectivity index (χ1v) is 15.3. The predicted molar refractivity (Wildman–Crippen MR) is 160 cm³/mol. The summed E-state index contributed by atoms with van der Waals surface area (Å²) in [6.07, 6.45) is 1.88. The van der Waals surface area contributed by atoms with E-state index in [1.54, 1.807) is 19.4 Å². The van der Waals surface area contributed by atoms with E-state index in [4.69, 9.17) is 14.2 Å². The van der Waals surface area contributed by atoms with Gasteiger partial charge in [-0.2, -0.15) is 0 Å². The number of fused-ring (bicyclic) bond motifs is 1. The van der Waals surface area contributed by atoms with E-state index in [-0.39, 0.29) is 19.4 Å². The molecule has 45 heavy (non-hydrogen) atoms. The molecule has 3 aromatic rings. The van der Waals surface area contributed by atoms with Crippen LogP contribution in [0.25, 0.3) is 10.9 Å². The molecule has 3 heterocycles. The van der Waals surface area contributed by atoms with Crippen LogP contribution >= 0.6 is 0 Å². The highest BCUT2D eigenvalue weighted by molar-refractivity contribution is 5.85. The van der Waals surface area contributed by atoms with E-state index in [0.717, 1.165) is 18.7 Å². The van der Waals surface area contributed by atoms with Crippen molar-refractivity contribution in [2.75, 3.05) is 59.7 Å². The molecule has 0 radical (unpaired) electrons. The van der Waals surface area contributed by atoms with Crippen molar-refractivity contribution >= 4 is 16.9 Å². The van der Waals surface area contributed by atoms with Crippen molar-refractivity contribution < 1.29 is 41.7 Å². The minimum absolute atomic E-state index is 0.0253. The van der Waals surface area contributed by atoms with E-state index in [9.17, 15) is 23.1 Å². The quantitative estimate of drug-likeness (QED) is 0.233. The van der Waals surface area contributed by atoms with Crippen molar-refractivity contribution in [2.45, 2.75) is 44.8 Å². The van der Waals surface area contributed by atoms with Gasteiger partial charge in [0.1, 0.15) is 24.3 Å². The third kappa shape index (κ3) is 8.22. The van der Waals surface area contributed by atoms with Crippen LogP contribution in [0.5, 0.6) is 11.5 Å². The number of nitrogens with zero attached hydrogens (tertiary/aromatic N) is 3. The number of alkyl halides is 1. The number of morpholine rings is 1. The maximum Gasteiger partial charge on any atom is 0.303 e. The van der Waals surface area contributed by atoms with Crippen LogP contribution in [0, 0.1) is 22.9 Å². The van der Waals surface area contributed by atoms with Gasteiger partial charge in [-0.25, -0.2) is 17.6 Å². The summed E-state index contributed by atoms with van der Waals surface area (Å²) in [5, 5.41) is 10.5. The van der Waals surface area contributed by atoms with E-state index in [1.165, 1.54) is 0 Å². The Labute approximate surface area is 259 Å². The molecule has 5 rings (SSSR count). The zero-order valence-electron chi connectivity index (χ0n) is 25.4. The zero-order valence-corrected chi connectivity index (χ0v) is 25.4. The summed E-state index contributed by atoms with van der Waals surface area (Å²) < 4.78 is 73.7. The molecule has 1 aromatic heterocycles. The number of likely N-dealkylation sites (tertiary alicyclic amines) is 1. The van der Waals surface area contributed by atoms with Gasteiger partial charge >= 0.3 is 5.97 Å². The molecule has 0 spiro atoms. The molecule has 2 aromatic carbocycles. The number of aromatic nitrogens is 1. The molecular formula is C33H39F4N3O5. The molecule has 8 nitrogen and oxygen atoms in total. The Morgan fingerprint density at radius 3 is 2.44 bits per heavy atom. The maximum atomic E-state index is 16.5. The highest BCUT2D eigenvalue weighted by atomic mass is 19.1. The lowest BCUT2D eigenvalue weighted by atomic mass is 9.71. The second kappa shape index (κ2) is 14.7. The first-order chi connectivity index (χ1) is 21.7. The fourth-order valence-electron chi connectivity index (χ4n) is 6.46. The number of carboxylic acid groups (broad SMARTS) is 1. The van der Waals surface area contributed by atoms with Gasteiger partial charge in [0.2, 0.25) is 0 Å². The number of benzene rings is 2. The lowest BCUT2D eigenvalue weighted by Gasteiger charge is -2.41. The molecule has 2 aliphatic rings. The molecule has 244 valence electrons. The minimum Gasteiger partial charge on any atom is -0.497 e. The average Bonchev–Trinajstić information content (AvgIpc) is 3.02. The Kier molecular flexibility index (Phi) is 10.8. The fourth-order valence-corrected chi connectivity index (χ4v) is 6.46. The summed E-state index contributed by atoms with van der Waals surface area (Å²) in [7, 11) is 1.56. The first-order valence-electron chi connectivity index (χ1n) is 15.3. The van der Waals surface area contributed by atoms with Gasteiger partial charge in [-0.15, -0.1) is 0 Å². The average molecular weight is 634 g/mol. The number of hydrogen-bond acceptors (Lipinski definition) is 7. The summed E-state index contributed by atoms with van der Waals surface area (Å²) >= 11 is 0. The lowest BCUT2D eigenvalue weighted by molar-refractivity contribution is -0.141. The predicted octanol–water partition coefficient (Wildman–Crippen LogP) is 5.92. The Morgan fingerprint density at radius 2 is 1.78 bits per heavy atom. The summed E-state index contributed by atoms with van der Waals surface area (Å²) in [6.45, 7) is 4.62.